The highest BCUT2D eigenvalue weighted by Crippen LogP contribution is 2.57. The van der Waals surface area contributed by atoms with Gasteiger partial charge in [0.15, 0.2) is 17.3 Å². The predicted octanol–water partition coefficient (Wildman–Crippen LogP) is 2.21. The number of carbonyl (C=O) groups excluding carboxylic acids is 3. The number of hydrogen-bond acceptors (Lipinski definition) is 10. The second kappa shape index (κ2) is 9.63. The summed E-state index contributed by atoms with van der Waals surface area (Å²) >= 11 is 0. The molecule has 226 valence electrons. The van der Waals surface area contributed by atoms with Gasteiger partial charge >= 0.3 is 6.36 Å². The number of anilines is 1. The molecule has 0 radical (unpaired) electrons. The van der Waals surface area contributed by atoms with Crippen molar-refractivity contribution in [2.75, 3.05) is 32.0 Å². The number of Topliss-reactive ketones (excluding diaryl/α,β-unsaturated/α-hetero) is 2. The number of nitrogens with two attached hydrogens (primary N) is 1. The third kappa shape index (κ3) is 3.98. The lowest BCUT2D eigenvalue weighted by atomic mass is 9.59. The molecule has 3 aliphatic carbocycles. The average Bonchev–Trinajstić information content (AvgIpc) is 3.38. The van der Waals surface area contributed by atoms with E-state index in [-0.39, 0.29) is 46.7 Å². The number of amides is 1. The predicted molar refractivity (Wildman–Crippen MR) is 141 cm³/mol. The van der Waals surface area contributed by atoms with Crippen molar-refractivity contribution >= 4 is 28.9 Å². The Bertz CT molecular complexity index is 1490. The van der Waals surface area contributed by atoms with Crippen LogP contribution in [0.2, 0.25) is 0 Å². The van der Waals surface area contributed by atoms with Crippen molar-refractivity contribution in [2.24, 2.45) is 29.4 Å². The summed E-state index contributed by atoms with van der Waals surface area (Å²) in [5, 5.41) is 40.0. The zero-order valence-corrected chi connectivity index (χ0v) is 22.8. The van der Waals surface area contributed by atoms with E-state index in [1.807, 2.05) is 0 Å². The van der Waals surface area contributed by atoms with Crippen LogP contribution in [0.1, 0.15) is 42.5 Å². The van der Waals surface area contributed by atoms with Gasteiger partial charge in [-0.15, -0.1) is 13.2 Å². The Morgan fingerprint density at radius 3 is 2.55 bits per heavy atom. The first-order chi connectivity index (χ1) is 19.8. The Morgan fingerprint density at radius 1 is 1.19 bits per heavy atom. The monoisotopic (exact) mass is 592 g/mol. The highest BCUT2D eigenvalue weighted by Gasteiger charge is 2.57. The summed E-state index contributed by atoms with van der Waals surface area (Å²) in [5.41, 5.74) is 4.11. The third-order valence-corrected chi connectivity index (χ3v) is 9.56. The number of aliphatic hydroxyl groups excluding tert-OH is 2. The van der Waals surface area contributed by atoms with Crippen molar-refractivity contribution in [1.82, 2.24) is 10.2 Å². The zero-order valence-electron chi connectivity index (χ0n) is 22.8. The van der Waals surface area contributed by atoms with Gasteiger partial charge in [0.1, 0.15) is 22.8 Å². The van der Waals surface area contributed by atoms with Crippen molar-refractivity contribution < 1.29 is 47.6 Å². The largest absolute Gasteiger partial charge is 0.573 e. The second-order valence-electron chi connectivity index (χ2n) is 11.6. The summed E-state index contributed by atoms with van der Waals surface area (Å²) in [6.45, 7) is 3.05. The second-order valence-corrected chi connectivity index (χ2v) is 11.6. The molecule has 6 rings (SSSR count). The summed E-state index contributed by atoms with van der Waals surface area (Å²) in [6, 6.07) is -1.49. The van der Waals surface area contributed by atoms with Crippen LogP contribution in [0.25, 0.3) is 5.76 Å². The fraction of sp³-hybridized carbons (Fsp3) is 0.536. The Labute approximate surface area is 238 Å². The Morgan fingerprint density at radius 2 is 1.90 bits per heavy atom. The number of allylic oxidation sites excluding steroid dienone is 1. The molecule has 6 atom stereocenters. The molecule has 1 aromatic rings. The van der Waals surface area contributed by atoms with Gasteiger partial charge in [-0.05, 0) is 57.2 Å². The first-order valence-corrected chi connectivity index (χ1v) is 13.9. The van der Waals surface area contributed by atoms with Crippen LogP contribution in [0.3, 0.4) is 0 Å². The van der Waals surface area contributed by atoms with Crippen LogP contribution in [0, 0.1) is 23.7 Å². The van der Waals surface area contributed by atoms with Gasteiger partial charge in [-0.3, -0.25) is 19.3 Å². The van der Waals surface area contributed by atoms with E-state index in [2.05, 4.69) is 15.4 Å². The number of ketones is 2. The molecule has 2 fully saturated rings. The lowest BCUT2D eigenvalue weighted by Gasteiger charge is -2.47. The highest BCUT2D eigenvalue weighted by atomic mass is 19.4. The Kier molecular flexibility index (Phi) is 6.50. The summed E-state index contributed by atoms with van der Waals surface area (Å²) in [7, 11) is 1.63. The summed E-state index contributed by atoms with van der Waals surface area (Å²) in [6.07, 6.45) is -4.60. The molecule has 11 nitrogen and oxygen atoms in total. The van der Waals surface area contributed by atoms with Crippen LogP contribution in [0.4, 0.5) is 18.9 Å². The number of carbonyl (C=O) groups is 3. The molecule has 2 aliphatic heterocycles. The van der Waals surface area contributed by atoms with Crippen LogP contribution in [-0.2, 0) is 20.8 Å². The maximum atomic E-state index is 14.0. The fourth-order valence-corrected chi connectivity index (χ4v) is 7.75. The fourth-order valence-electron chi connectivity index (χ4n) is 7.75. The van der Waals surface area contributed by atoms with E-state index in [1.54, 1.807) is 18.9 Å². The van der Waals surface area contributed by atoms with Crippen molar-refractivity contribution in [1.29, 1.82) is 0 Å². The molecule has 1 saturated heterocycles. The molecule has 2 heterocycles. The van der Waals surface area contributed by atoms with Crippen LogP contribution >= 0.6 is 0 Å². The number of rotatable bonds is 4. The van der Waals surface area contributed by atoms with Gasteiger partial charge in [-0.2, -0.15) is 0 Å². The minimum atomic E-state index is -5.09. The molecule has 4 unspecified atom stereocenters. The van der Waals surface area contributed by atoms with Gasteiger partial charge in [0.2, 0.25) is 0 Å². The van der Waals surface area contributed by atoms with Crippen molar-refractivity contribution in [3.8, 4) is 11.5 Å². The maximum absolute atomic E-state index is 14.0. The van der Waals surface area contributed by atoms with Gasteiger partial charge in [-0.1, -0.05) is 6.92 Å². The molecule has 1 amide bonds. The first-order valence-electron chi connectivity index (χ1n) is 13.9. The standard InChI is InChI=1S/C28H31F3N4O7/c1-3-35(2)20-11-6-10-7-12-15(22(37)13(10)21(36)14(11)23(38)17(25(20)40)27(32)41)24(39)19-16(26(12)42-28(29,30)31)18-9(8-34-19)4-5-33-18/h9-11,14,18,20,33-34,37,39-40H,3-8H2,1-2H3,(H2,32,41)/t9?,10-,11?,14?,18?,20+/m1/s1. The smallest absolute Gasteiger partial charge is 0.510 e. The zero-order chi connectivity index (χ0) is 30.4. The normalized spacial score (nSPS) is 30.3. The average molecular weight is 593 g/mol. The number of halogens is 3. The summed E-state index contributed by atoms with van der Waals surface area (Å²) in [4.78, 5) is 41.2. The highest BCUT2D eigenvalue weighted by molar-refractivity contribution is 6.28. The van der Waals surface area contributed by atoms with Crippen molar-refractivity contribution in [3.63, 3.8) is 0 Å². The molecular weight excluding hydrogens is 561 g/mol. The number of nitrogens with zero attached hydrogens (tertiary/aromatic N) is 1. The molecule has 0 bridgehead atoms. The van der Waals surface area contributed by atoms with Gasteiger partial charge < -0.3 is 36.4 Å². The molecular formula is C28H31F3N4O7. The molecule has 42 heavy (non-hydrogen) atoms. The number of fused-ring (bicyclic) bond motifs is 6. The van der Waals surface area contributed by atoms with E-state index in [0.717, 1.165) is 0 Å². The number of benzene rings is 1. The molecule has 5 aliphatic rings. The van der Waals surface area contributed by atoms with E-state index in [1.165, 1.54) is 0 Å². The number of aliphatic hydroxyl groups is 2. The number of aromatic hydroxyl groups is 1. The molecule has 14 heteroatoms. The molecule has 1 saturated carbocycles. The molecule has 7 N–H and O–H groups in total. The quantitative estimate of drug-likeness (QED) is 0.173. The summed E-state index contributed by atoms with van der Waals surface area (Å²) < 4.78 is 46.1. The topological polar surface area (TPSA) is 174 Å². The molecule has 1 aromatic carbocycles. The minimum Gasteiger partial charge on any atom is -0.510 e. The molecule has 0 spiro atoms. The van der Waals surface area contributed by atoms with E-state index < -0.39 is 82.3 Å². The van der Waals surface area contributed by atoms with Crippen LogP contribution in [0.15, 0.2) is 16.9 Å². The van der Waals surface area contributed by atoms with Crippen molar-refractivity contribution in [2.45, 2.75) is 44.6 Å². The third-order valence-electron chi connectivity index (χ3n) is 9.56. The number of alkyl halides is 3. The Hall–Kier alpha value is -3.78. The van der Waals surface area contributed by atoms with Crippen LogP contribution in [0.5, 0.6) is 11.5 Å². The van der Waals surface area contributed by atoms with E-state index in [4.69, 9.17) is 5.73 Å². The number of phenols is 1. The first kappa shape index (κ1) is 28.3. The van der Waals surface area contributed by atoms with E-state index >= 15 is 0 Å². The Balaban J connectivity index is 1.55. The van der Waals surface area contributed by atoms with Crippen molar-refractivity contribution in [3.05, 3.63) is 33.6 Å². The SMILES string of the molecule is CCN(C)[C@@H]1C(O)=C(C(N)=O)C(=O)C2C(=O)C3=C(O)c4c(O)c5c(c(OC(F)(F)F)c4C[C@H]3CC21)C1NCCC1CN5. The van der Waals surface area contributed by atoms with E-state index in [9.17, 15) is 42.9 Å². The van der Waals surface area contributed by atoms with Crippen LogP contribution < -0.4 is 21.1 Å². The lowest BCUT2D eigenvalue weighted by molar-refractivity contribution is -0.275. The van der Waals surface area contributed by atoms with E-state index in [0.29, 0.717) is 26.1 Å². The molecule has 0 aromatic heterocycles. The number of ether oxygens (including phenoxy) is 1. The minimum absolute atomic E-state index is 0.0119. The maximum Gasteiger partial charge on any atom is 0.573 e. The number of hydrogen-bond donors (Lipinski definition) is 6. The summed E-state index contributed by atoms with van der Waals surface area (Å²) in [5.74, 6) is -8.62. The van der Waals surface area contributed by atoms with Gasteiger partial charge in [0, 0.05) is 29.3 Å². The van der Waals surface area contributed by atoms with Crippen LogP contribution in [-0.4, -0.2) is 76.8 Å². The number of phenolic OH excluding ortho intramolecular Hbond substituents is 1. The van der Waals surface area contributed by atoms with Gasteiger partial charge in [-0.25, -0.2) is 0 Å². The number of nitrogens with one attached hydrogen (secondary N) is 2. The van der Waals surface area contributed by atoms with Gasteiger partial charge in [0.25, 0.3) is 5.91 Å². The number of primary amides is 1. The van der Waals surface area contributed by atoms with Gasteiger partial charge in [0.05, 0.1) is 23.2 Å². The lowest BCUT2D eigenvalue weighted by Crippen LogP contribution is -2.56. The number of likely N-dealkylation sites (N-methyl/N-ethyl adjacent to an activating group) is 1.